The largest absolute Gasteiger partial charge is 0.550 e. The quantitative estimate of drug-likeness (QED) is 0.156. The number of benzene rings is 1. The van der Waals surface area contributed by atoms with Gasteiger partial charge in [0.15, 0.2) is 12.4 Å². The highest BCUT2D eigenvalue weighted by Crippen LogP contribution is 2.30. The molecule has 2 aromatic rings. The molecule has 0 spiro atoms. The molecular weight excluding hydrogens is 436 g/mol. The predicted octanol–water partition coefficient (Wildman–Crippen LogP) is -3.72. The Bertz CT molecular complexity index is 1260. The first-order chi connectivity index (χ1) is 16.1. The second-order valence-electron chi connectivity index (χ2n) is 7.83. The Morgan fingerprint density at radius 1 is 1.06 bits per heavy atom. The molecule has 3 rings (SSSR count). The molecule has 0 fully saturated rings. The van der Waals surface area contributed by atoms with E-state index >= 15 is 0 Å². The SMILES string of the molecule is C[n+]1ccc(-c2ccc(N=C(N)[NH+]=C(N)N)cc2C#CC2=CC[C@H](C(=O)[O-])[C@H](C(=O)[O-])C2)cc1. The van der Waals surface area contributed by atoms with Crippen LogP contribution in [0.4, 0.5) is 5.69 Å². The van der Waals surface area contributed by atoms with Crippen LogP contribution in [0, 0.1) is 23.7 Å². The van der Waals surface area contributed by atoms with Gasteiger partial charge in [0.05, 0.1) is 0 Å². The van der Waals surface area contributed by atoms with Gasteiger partial charge in [-0.15, -0.1) is 4.99 Å². The lowest BCUT2D eigenvalue weighted by molar-refractivity contribution is -0.671. The molecule has 1 aliphatic rings. The summed E-state index contributed by atoms with van der Waals surface area (Å²) >= 11 is 0. The molecule has 174 valence electrons. The Kier molecular flexibility index (Phi) is 7.28. The standard InChI is InChI=1S/C24H24N6O4/c1-30-10-8-15(9-11-30)18-7-5-17(28-24(27)29-23(25)26)13-16(18)4-2-14-3-6-19(21(31)32)20(12-14)22(33)34/h3,5,7-11,13,19-20H,6,12H2,1H3,(H7,25,26,27,29,31,32,33,34)/t19-,20+/m0/s1. The van der Waals surface area contributed by atoms with Crippen molar-refractivity contribution in [3.8, 4) is 23.0 Å². The maximum atomic E-state index is 11.4. The molecule has 1 aliphatic carbocycles. The number of carbonyl (C=O) groups excluding carboxylic acids is 2. The number of aromatic nitrogens is 1. The van der Waals surface area contributed by atoms with E-state index in [0.29, 0.717) is 16.8 Å². The predicted molar refractivity (Wildman–Crippen MR) is 120 cm³/mol. The van der Waals surface area contributed by atoms with E-state index in [9.17, 15) is 19.8 Å². The summed E-state index contributed by atoms with van der Waals surface area (Å²) in [4.78, 5) is 29.4. The lowest BCUT2D eigenvalue weighted by Gasteiger charge is -2.31. The number of pyridine rings is 1. The van der Waals surface area contributed by atoms with Gasteiger partial charge in [-0.1, -0.05) is 24.0 Å². The third-order valence-electron chi connectivity index (χ3n) is 5.32. The highest BCUT2D eigenvalue weighted by Gasteiger charge is 2.27. The van der Waals surface area contributed by atoms with Crippen molar-refractivity contribution >= 4 is 29.5 Å². The molecule has 1 aromatic carbocycles. The van der Waals surface area contributed by atoms with Gasteiger partial charge in [0.1, 0.15) is 12.7 Å². The average Bonchev–Trinajstić information content (AvgIpc) is 2.77. The number of hydrogen-bond acceptors (Lipinski definition) is 5. The number of nitrogens with zero attached hydrogens (tertiary/aromatic N) is 2. The maximum absolute atomic E-state index is 11.4. The highest BCUT2D eigenvalue weighted by atomic mass is 16.4. The van der Waals surface area contributed by atoms with Crippen molar-refractivity contribution < 1.29 is 29.4 Å². The van der Waals surface area contributed by atoms with Crippen molar-refractivity contribution in [2.75, 3.05) is 0 Å². The molecule has 0 bridgehead atoms. The molecule has 1 heterocycles. The molecule has 10 nitrogen and oxygen atoms in total. The minimum Gasteiger partial charge on any atom is -0.550 e. The van der Waals surface area contributed by atoms with Gasteiger partial charge in [0.25, 0.3) is 5.96 Å². The number of nitrogens with two attached hydrogens (primary N) is 3. The number of rotatable bonds is 4. The Morgan fingerprint density at radius 2 is 1.74 bits per heavy atom. The molecule has 0 unspecified atom stereocenters. The molecular formula is C24H24N6O4. The zero-order valence-electron chi connectivity index (χ0n) is 18.4. The molecule has 0 radical (unpaired) electrons. The summed E-state index contributed by atoms with van der Waals surface area (Å²) in [6.45, 7) is 0. The summed E-state index contributed by atoms with van der Waals surface area (Å²) in [6.07, 6.45) is 5.38. The third kappa shape index (κ3) is 5.98. The van der Waals surface area contributed by atoms with Crippen molar-refractivity contribution in [1.29, 1.82) is 0 Å². The van der Waals surface area contributed by atoms with Crippen LogP contribution in [-0.2, 0) is 16.6 Å². The first kappa shape index (κ1) is 24.0. The molecule has 0 aliphatic heterocycles. The number of allylic oxidation sites excluding steroid dienone is 2. The average molecular weight is 460 g/mol. The minimum absolute atomic E-state index is 0.00138. The van der Waals surface area contributed by atoms with Gasteiger partial charge in [0, 0.05) is 41.5 Å². The van der Waals surface area contributed by atoms with E-state index < -0.39 is 23.8 Å². The molecule has 0 saturated heterocycles. The lowest BCUT2D eigenvalue weighted by atomic mass is 9.79. The van der Waals surface area contributed by atoms with E-state index in [0.717, 1.165) is 11.1 Å². The van der Waals surface area contributed by atoms with Gasteiger partial charge in [-0.25, -0.2) is 9.56 Å². The molecule has 0 amide bonds. The van der Waals surface area contributed by atoms with Gasteiger partial charge >= 0.3 is 5.96 Å². The van der Waals surface area contributed by atoms with Gasteiger partial charge in [-0.3, -0.25) is 0 Å². The van der Waals surface area contributed by atoms with Gasteiger partial charge in [0.2, 0.25) is 0 Å². The van der Waals surface area contributed by atoms with E-state index in [4.69, 9.17) is 17.2 Å². The van der Waals surface area contributed by atoms with Crippen molar-refractivity contribution in [3.63, 3.8) is 0 Å². The van der Waals surface area contributed by atoms with Crippen LogP contribution in [0.1, 0.15) is 18.4 Å². The molecule has 10 heteroatoms. The third-order valence-corrected chi connectivity index (χ3v) is 5.32. The van der Waals surface area contributed by atoms with Crippen LogP contribution in [0.3, 0.4) is 0 Å². The number of carboxylic acid groups (broad SMARTS) is 2. The van der Waals surface area contributed by atoms with E-state index in [-0.39, 0.29) is 24.8 Å². The van der Waals surface area contributed by atoms with Crippen LogP contribution in [0.2, 0.25) is 0 Å². The van der Waals surface area contributed by atoms with Gasteiger partial charge in [-0.05, 0) is 41.7 Å². The monoisotopic (exact) mass is 460 g/mol. The van der Waals surface area contributed by atoms with Crippen LogP contribution in [0.5, 0.6) is 0 Å². The zero-order chi connectivity index (χ0) is 24.8. The fraction of sp³-hybridized carbons (Fsp3) is 0.208. The molecule has 7 N–H and O–H groups in total. The molecule has 1 aromatic heterocycles. The second kappa shape index (κ2) is 10.3. The summed E-state index contributed by atoms with van der Waals surface area (Å²) in [7, 11) is 1.90. The fourth-order valence-corrected chi connectivity index (χ4v) is 3.61. The normalized spacial score (nSPS) is 17.7. The van der Waals surface area contributed by atoms with Crippen LogP contribution in [0.25, 0.3) is 11.1 Å². The van der Waals surface area contributed by atoms with Crippen molar-refractivity contribution in [2.45, 2.75) is 12.8 Å². The fourth-order valence-electron chi connectivity index (χ4n) is 3.61. The number of carboxylic acids is 2. The summed E-state index contributed by atoms with van der Waals surface area (Å²) in [5.41, 5.74) is 19.9. The second-order valence-corrected chi connectivity index (χ2v) is 7.83. The molecule has 2 atom stereocenters. The number of aliphatic carboxylic acids is 2. The molecule has 0 saturated carbocycles. The zero-order valence-corrected chi connectivity index (χ0v) is 18.4. The summed E-state index contributed by atoms with van der Waals surface area (Å²) in [5.74, 6) is 0.752. The first-order valence-corrected chi connectivity index (χ1v) is 10.4. The van der Waals surface area contributed by atoms with Crippen LogP contribution < -0.4 is 37.0 Å². The number of aryl methyl sites for hydroxylation is 1. The van der Waals surface area contributed by atoms with E-state index in [1.807, 2.05) is 42.2 Å². The summed E-state index contributed by atoms with van der Waals surface area (Å²) in [5, 5.41) is 22.7. The number of carbonyl (C=O) groups is 2. The molecule has 34 heavy (non-hydrogen) atoms. The maximum Gasteiger partial charge on any atom is 0.316 e. The first-order valence-electron chi connectivity index (χ1n) is 10.4. The van der Waals surface area contributed by atoms with Crippen LogP contribution in [-0.4, -0.2) is 23.9 Å². The van der Waals surface area contributed by atoms with Crippen molar-refractivity contribution in [1.82, 2.24) is 0 Å². The highest BCUT2D eigenvalue weighted by molar-refractivity contribution is 5.81. The van der Waals surface area contributed by atoms with Crippen LogP contribution in [0.15, 0.2) is 59.4 Å². The number of hydrogen-bond donors (Lipinski definition) is 4. The Morgan fingerprint density at radius 3 is 2.35 bits per heavy atom. The Hall–Kier alpha value is -4.65. The minimum atomic E-state index is -1.44. The van der Waals surface area contributed by atoms with E-state index in [1.54, 1.807) is 18.2 Å². The smallest absolute Gasteiger partial charge is 0.316 e. The van der Waals surface area contributed by atoms with E-state index in [2.05, 4.69) is 21.8 Å². The van der Waals surface area contributed by atoms with Crippen LogP contribution >= 0.6 is 0 Å². The number of guanidine groups is 2. The number of aliphatic imine (C=N–C) groups is 1. The lowest BCUT2D eigenvalue weighted by Crippen LogP contribution is -2.84. The van der Waals surface area contributed by atoms with Gasteiger partial charge < -0.3 is 37.0 Å². The topological polar surface area (TPSA) is 189 Å². The van der Waals surface area contributed by atoms with E-state index in [1.165, 1.54) is 0 Å². The van der Waals surface area contributed by atoms with Crippen molar-refractivity contribution in [2.24, 2.45) is 41.1 Å². The van der Waals surface area contributed by atoms with Crippen molar-refractivity contribution in [3.05, 3.63) is 59.9 Å². The Balaban J connectivity index is 2.03. The Labute approximate surface area is 196 Å². The number of nitrogens with one attached hydrogen (secondary N) is 1. The summed E-state index contributed by atoms with van der Waals surface area (Å²) < 4.78 is 1.90. The summed E-state index contributed by atoms with van der Waals surface area (Å²) in [6, 6.07) is 9.18. The van der Waals surface area contributed by atoms with Gasteiger partial charge in [-0.2, -0.15) is 0 Å².